The molecule has 0 atom stereocenters. The highest BCUT2D eigenvalue weighted by atomic mass is 35.5. The van der Waals surface area contributed by atoms with Crippen LogP contribution in [0, 0.1) is 5.82 Å². The van der Waals surface area contributed by atoms with Crippen molar-refractivity contribution < 1.29 is 9.18 Å². The fourth-order valence-electron chi connectivity index (χ4n) is 1.88. The van der Waals surface area contributed by atoms with Crippen molar-refractivity contribution in [2.24, 2.45) is 0 Å². The molecule has 3 nitrogen and oxygen atoms in total. The second-order valence-electron chi connectivity index (χ2n) is 4.77. The van der Waals surface area contributed by atoms with Gasteiger partial charge in [-0.1, -0.05) is 29.8 Å². The van der Waals surface area contributed by atoms with Crippen LogP contribution in [-0.2, 0) is 17.8 Å². The molecule has 0 spiro atoms. The van der Waals surface area contributed by atoms with Gasteiger partial charge >= 0.3 is 0 Å². The Morgan fingerprint density at radius 3 is 2.48 bits per heavy atom. The van der Waals surface area contributed by atoms with Crippen LogP contribution >= 0.6 is 11.6 Å². The fraction of sp³-hybridized carbons (Fsp3) is 0.188. The van der Waals surface area contributed by atoms with Crippen LogP contribution in [0.1, 0.15) is 17.5 Å². The molecule has 0 aliphatic heterocycles. The van der Waals surface area contributed by atoms with Gasteiger partial charge in [-0.05, 0) is 41.8 Å². The maximum atomic E-state index is 13.0. The summed E-state index contributed by atoms with van der Waals surface area (Å²) in [4.78, 5) is 11.8. The van der Waals surface area contributed by atoms with Crippen molar-refractivity contribution in [2.45, 2.75) is 19.4 Å². The Morgan fingerprint density at radius 2 is 1.81 bits per heavy atom. The van der Waals surface area contributed by atoms with E-state index >= 15 is 0 Å². The third-order valence-corrected chi connectivity index (χ3v) is 3.38. The molecule has 0 aromatic heterocycles. The predicted molar refractivity (Wildman–Crippen MR) is 82.4 cm³/mol. The Balaban J connectivity index is 1.79. The number of nitrogens with two attached hydrogens (primary N) is 1. The van der Waals surface area contributed by atoms with Gasteiger partial charge in [0, 0.05) is 18.7 Å². The van der Waals surface area contributed by atoms with Crippen molar-refractivity contribution in [1.82, 2.24) is 5.32 Å². The van der Waals surface area contributed by atoms with Crippen molar-refractivity contribution >= 4 is 23.2 Å². The van der Waals surface area contributed by atoms with E-state index in [1.165, 1.54) is 12.1 Å². The number of nitrogen functional groups attached to an aromatic ring is 1. The molecule has 0 radical (unpaired) electrons. The molecule has 0 bridgehead atoms. The molecule has 1 amide bonds. The summed E-state index contributed by atoms with van der Waals surface area (Å²) in [5.41, 5.74) is 8.13. The van der Waals surface area contributed by atoms with Crippen molar-refractivity contribution in [2.75, 3.05) is 5.73 Å². The topological polar surface area (TPSA) is 55.1 Å². The normalized spacial score (nSPS) is 10.4. The van der Waals surface area contributed by atoms with Crippen molar-refractivity contribution in [3.05, 3.63) is 64.4 Å². The Labute approximate surface area is 127 Å². The van der Waals surface area contributed by atoms with E-state index < -0.39 is 5.82 Å². The molecule has 21 heavy (non-hydrogen) atoms. The van der Waals surface area contributed by atoms with Crippen LogP contribution in [0.2, 0.25) is 5.02 Å². The van der Waals surface area contributed by atoms with Crippen molar-refractivity contribution in [1.29, 1.82) is 0 Å². The first-order valence-corrected chi connectivity index (χ1v) is 6.97. The first kappa shape index (κ1) is 15.3. The number of hydrogen-bond donors (Lipinski definition) is 2. The molecule has 3 N–H and O–H groups in total. The van der Waals surface area contributed by atoms with Gasteiger partial charge in [0.25, 0.3) is 0 Å². The van der Waals surface area contributed by atoms with E-state index in [-0.39, 0.29) is 10.9 Å². The van der Waals surface area contributed by atoms with Crippen LogP contribution in [0.5, 0.6) is 0 Å². The number of benzene rings is 2. The standard InChI is InChI=1S/C16H16ClFN2O/c17-14-9-12(3-7-15(14)18)10-20-16(21)8-4-11-1-5-13(19)6-2-11/h1-3,5-7,9H,4,8,10,19H2,(H,20,21). The van der Waals surface area contributed by atoms with E-state index in [0.29, 0.717) is 25.1 Å². The summed E-state index contributed by atoms with van der Waals surface area (Å²) in [7, 11) is 0. The quantitative estimate of drug-likeness (QED) is 0.833. The minimum absolute atomic E-state index is 0.0589. The van der Waals surface area contributed by atoms with Gasteiger partial charge < -0.3 is 11.1 Å². The number of anilines is 1. The number of amides is 1. The maximum absolute atomic E-state index is 13.0. The zero-order valence-electron chi connectivity index (χ0n) is 11.4. The lowest BCUT2D eigenvalue weighted by Gasteiger charge is -2.06. The Kier molecular flexibility index (Phi) is 5.17. The van der Waals surface area contributed by atoms with E-state index in [2.05, 4.69) is 5.32 Å². The summed E-state index contributed by atoms with van der Waals surface area (Å²) >= 11 is 5.69. The summed E-state index contributed by atoms with van der Waals surface area (Å²) in [6, 6.07) is 11.8. The van der Waals surface area contributed by atoms with Crippen LogP contribution in [0.3, 0.4) is 0 Å². The number of rotatable bonds is 5. The average molecular weight is 307 g/mol. The maximum Gasteiger partial charge on any atom is 0.220 e. The predicted octanol–water partition coefficient (Wildman–Crippen LogP) is 3.31. The second kappa shape index (κ2) is 7.09. The average Bonchev–Trinajstić information content (AvgIpc) is 2.48. The zero-order chi connectivity index (χ0) is 15.2. The minimum Gasteiger partial charge on any atom is -0.399 e. The van der Waals surface area contributed by atoms with Crippen molar-refractivity contribution in [3.8, 4) is 0 Å². The molecule has 5 heteroatoms. The molecule has 2 aromatic carbocycles. The minimum atomic E-state index is -0.463. The lowest BCUT2D eigenvalue weighted by atomic mass is 10.1. The molecule has 2 rings (SSSR count). The number of carbonyl (C=O) groups excluding carboxylic acids is 1. The van der Waals surface area contributed by atoms with E-state index in [1.54, 1.807) is 6.07 Å². The summed E-state index contributed by atoms with van der Waals surface area (Å²) in [5.74, 6) is -0.526. The molecule has 2 aromatic rings. The smallest absolute Gasteiger partial charge is 0.220 e. The van der Waals surface area contributed by atoms with Gasteiger partial charge in [-0.15, -0.1) is 0 Å². The largest absolute Gasteiger partial charge is 0.399 e. The van der Waals surface area contributed by atoms with E-state index in [4.69, 9.17) is 17.3 Å². The van der Waals surface area contributed by atoms with Gasteiger partial charge in [-0.2, -0.15) is 0 Å². The molecule has 0 saturated carbocycles. The first-order valence-electron chi connectivity index (χ1n) is 6.59. The van der Waals surface area contributed by atoms with Gasteiger partial charge in [-0.25, -0.2) is 4.39 Å². The van der Waals surface area contributed by atoms with Gasteiger partial charge in [0.2, 0.25) is 5.91 Å². The first-order chi connectivity index (χ1) is 10.0. The van der Waals surface area contributed by atoms with E-state index in [0.717, 1.165) is 11.1 Å². The Bertz CT molecular complexity index is 629. The fourth-order valence-corrected chi connectivity index (χ4v) is 2.08. The van der Waals surface area contributed by atoms with Crippen LogP contribution in [-0.4, -0.2) is 5.91 Å². The molecule has 0 unspecified atom stereocenters. The third kappa shape index (κ3) is 4.76. The molecule has 0 aliphatic rings. The Hall–Kier alpha value is -2.07. The van der Waals surface area contributed by atoms with Crippen molar-refractivity contribution in [3.63, 3.8) is 0 Å². The lowest BCUT2D eigenvalue weighted by molar-refractivity contribution is -0.121. The van der Waals surface area contributed by atoms with Crippen LogP contribution in [0.15, 0.2) is 42.5 Å². The number of aryl methyl sites for hydroxylation is 1. The molecule has 0 fully saturated rings. The van der Waals surface area contributed by atoms with E-state index in [9.17, 15) is 9.18 Å². The molecule has 0 aliphatic carbocycles. The van der Waals surface area contributed by atoms with Crippen LogP contribution in [0.4, 0.5) is 10.1 Å². The molecular formula is C16H16ClFN2O. The SMILES string of the molecule is Nc1ccc(CCC(=O)NCc2ccc(F)c(Cl)c2)cc1. The second-order valence-corrected chi connectivity index (χ2v) is 5.17. The zero-order valence-corrected chi connectivity index (χ0v) is 12.2. The molecule has 0 saturated heterocycles. The number of hydrogen-bond acceptors (Lipinski definition) is 2. The molecular weight excluding hydrogens is 291 g/mol. The van der Waals surface area contributed by atoms with Crippen LogP contribution in [0.25, 0.3) is 0 Å². The summed E-state index contributed by atoms with van der Waals surface area (Å²) < 4.78 is 13.0. The highest BCUT2D eigenvalue weighted by Crippen LogP contribution is 2.15. The highest BCUT2D eigenvalue weighted by molar-refractivity contribution is 6.30. The van der Waals surface area contributed by atoms with Gasteiger partial charge in [0.05, 0.1) is 5.02 Å². The summed E-state index contributed by atoms with van der Waals surface area (Å²) in [6.07, 6.45) is 1.04. The third-order valence-electron chi connectivity index (χ3n) is 3.09. The summed E-state index contributed by atoms with van der Waals surface area (Å²) in [5, 5.41) is 2.84. The Morgan fingerprint density at radius 1 is 1.14 bits per heavy atom. The highest BCUT2D eigenvalue weighted by Gasteiger charge is 2.04. The van der Waals surface area contributed by atoms with Gasteiger partial charge in [0.15, 0.2) is 0 Å². The lowest BCUT2D eigenvalue weighted by Crippen LogP contribution is -2.23. The molecule has 0 heterocycles. The van der Waals surface area contributed by atoms with Gasteiger partial charge in [-0.3, -0.25) is 4.79 Å². The number of nitrogens with one attached hydrogen (secondary N) is 1. The number of carbonyl (C=O) groups is 1. The number of halogens is 2. The monoisotopic (exact) mass is 306 g/mol. The van der Waals surface area contributed by atoms with E-state index in [1.807, 2.05) is 24.3 Å². The molecule has 110 valence electrons. The van der Waals surface area contributed by atoms with Gasteiger partial charge in [0.1, 0.15) is 5.82 Å². The van der Waals surface area contributed by atoms with Crippen LogP contribution < -0.4 is 11.1 Å². The summed E-state index contributed by atoms with van der Waals surface area (Å²) in [6.45, 7) is 0.334.